The fraction of sp³-hybridized carbons (Fsp3) is 0.706. The van der Waals surface area contributed by atoms with Crippen LogP contribution < -0.4 is 0 Å². The minimum absolute atomic E-state index is 0.126. The minimum atomic E-state index is -0.126. The summed E-state index contributed by atoms with van der Waals surface area (Å²) >= 11 is 0. The quantitative estimate of drug-likeness (QED) is 0.837. The Morgan fingerprint density at radius 1 is 1.45 bits per heavy atom. The second-order valence-corrected chi connectivity index (χ2v) is 6.95. The average Bonchev–Trinajstić information content (AvgIpc) is 2.75. The van der Waals surface area contributed by atoms with Crippen LogP contribution in [-0.4, -0.2) is 73.9 Å². The van der Waals surface area contributed by atoms with E-state index in [0.717, 1.165) is 52.4 Å². The van der Waals surface area contributed by atoms with Gasteiger partial charge in [0, 0.05) is 38.6 Å². The number of rotatable bonds is 4. The summed E-state index contributed by atoms with van der Waals surface area (Å²) in [6.07, 6.45) is 4.86. The smallest absolute Gasteiger partial charge is 0.104 e. The van der Waals surface area contributed by atoms with Crippen LogP contribution in [0.3, 0.4) is 0 Å². The molecule has 22 heavy (non-hydrogen) atoms. The normalized spacial score (nSPS) is 30.0. The molecule has 1 aromatic heterocycles. The molecule has 0 aromatic carbocycles. The third-order valence-corrected chi connectivity index (χ3v) is 4.47. The van der Waals surface area contributed by atoms with Crippen molar-refractivity contribution in [3.05, 3.63) is 30.1 Å². The van der Waals surface area contributed by atoms with Crippen molar-refractivity contribution in [2.75, 3.05) is 53.6 Å². The summed E-state index contributed by atoms with van der Waals surface area (Å²) < 4.78 is 12.1. The van der Waals surface area contributed by atoms with Crippen molar-refractivity contribution in [2.24, 2.45) is 5.92 Å². The first-order valence-corrected chi connectivity index (χ1v) is 8.13. The molecule has 1 aromatic rings. The summed E-state index contributed by atoms with van der Waals surface area (Å²) in [5.74, 6) is 0.608. The molecular weight excluding hydrogens is 278 g/mol. The van der Waals surface area contributed by atoms with E-state index in [2.05, 4.69) is 34.9 Å². The van der Waals surface area contributed by atoms with Crippen LogP contribution in [0.2, 0.25) is 0 Å². The zero-order chi connectivity index (χ0) is 15.4. The number of pyridine rings is 1. The maximum Gasteiger partial charge on any atom is 0.104 e. The third kappa shape index (κ3) is 4.04. The maximum atomic E-state index is 6.23. The highest BCUT2D eigenvalue weighted by Crippen LogP contribution is 2.33. The predicted octanol–water partition coefficient (Wildman–Crippen LogP) is 1.25. The van der Waals surface area contributed by atoms with Crippen molar-refractivity contribution in [3.63, 3.8) is 0 Å². The summed E-state index contributed by atoms with van der Waals surface area (Å²) in [6, 6.07) is 4.13. The molecular formula is C17H27N3O2. The molecule has 5 nitrogen and oxygen atoms in total. The van der Waals surface area contributed by atoms with Crippen molar-refractivity contribution in [1.82, 2.24) is 14.8 Å². The van der Waals surface area contributed by atoms with Crippen LogP contribution >= 0.6 is 0 Å². The van der Waals surface area contributed by atoms with Gasteiger partial charge in [-0.25, -0.2) is 0 Å². The Morgan fingerprint density at radius 3 is 3.14 bits per heavy atom. The standard InChI is InChI=1S/C17H27N3O2/c1-19(2)10-16-8-17(22-12-16)13-20(6-7-21-14-17)11-15-4-3-5-18-9-15/h3-5,9,16H,6-8,10-14H2,1-2H3/t16-,17-/m0/s1. The fourth-order valence-electron chi connectivity index (χ4n) is 3.65. The number of hydrogen-bond acceptors (Lipinski definition) is 5. The Morgan fingerprint density at radius 2 is 2.36 bits per heavy atom. The average molecular weight is 305 g/mol. The number of aromatic nitrogens is 1. The molecule has 2 aliphatic rings. The van der Waals surface area contributed by atoms with Gasteiger partial charge < -0.3 is 14.4 Å². The van der Waals surface area contributed by atoms with Gasteiger partial charge in [-0.05, 0) is 38.1 Å². The minimum Gasteiger partial charge on any atom is -0.377 e. The van der Waals surface area contributed by atoms with Gasteiger partial charge >= 0.3 is 0 Å². The lowest BCUT2D eigenvalue weighted by Crippen LogP contribution is -2.44. The maximum absolute atomic E-state index is 6.23. The first-order chi connectivity index (χ1) is 10.7. The zero-order valence-corrected chi connectivity index (χ0v) is 13.7. The summed E-state index contributed by atoms with van der Waals surface area (Å²) in [5, 5.41) is 0. The molecule has 0 unspecified atom stereocenters. The molecule has 5 heteroatoms. The van der Waals surface area contributed by atoms with E-state index in [0.29, 0.717) is 5.92 Å². The topological polar surface area (TPSA) is 37.8 Å². The van der Waals surface area contributed by atoms with E-state index < -0.39 is 0 Å². The van der Waals surface area contributed by atoms with E-state index in [4.69, 9.17) is 9.47 Å². The van der Waals surface area contributed by atoms with Crippen molar-refractivity contribution in [1.29, 1.82) is 0 Å². The van der Waals surface area contributed by atoms with E-state index in [9.17, 15) is 0 Å². The van der Waals surface area contributed by atoms with Gasteiger partial charge in [0.25, 0.3) is 0 Å². The molecule has 0 N–H and O–H groups in total. The van der Waals surface area contributed by atoms with E-state index in [1.165, 1.54) is 5.56 Å². The van der Waals surface area contributed by atoms with Gasteiger partial charge in [0.05, 0.1) is 19.8 Å². The summed E-state index contributed by atoms with van der Waals surface area (Å²) in [6.45, 7) is 6.27. The van der Waals surface area contributed by atoms with Crippen LogP contribution in [0.1, 0.15) is 12.0 Å². The molecule has 0 bridgehead atoms. The second kappa shape index (κ2) is 7.04. The Labute approximate surface area is 133 Å². The zero-order valence-electron chi connectivity index (χ0n) is 13.7. The van der Waals surface area contributed by atoms with Gasteiger partial charge in [-0.1, -0.05) is 6.07 Å². The molecule has 0 saturated carbocycles. The van der Waals surface area contributed by atoms with Gasteiger partial charge in [0.1, 0.15) is 5.60 Å². The Kier molecular flexibility index (Phi) is 5.08. The van der Waals surface area contributed by atoms with E-state index >= 15 is 0 Å². The number of ether oxygens (including phenoxy) is 2. The number of hydrogen-bond donors (Lipinski definition) is 0. The molecule has 3 rings (SSSR count). The number of nitrogens with zero attached hydrogens (tertiary/aromatic N) is 3. The monoisotopic (exact) mass is 305 g/mol. The Balaban J connectivity index is 1.63. The summed E-state index contributed by atoms with van der Waals surface area (Å²) in [5.41, 5.74) is 1.13. The molecule has 0 amide bonds. The largest absolute Gasteiger partial charge is 0.377 e. The molecule has 1 spiro atoms. The van der Waals surface area contributed by atoms with Crippen LogP contribution in [0, 0.1) is 5.92 Å². The lowest BCUT2D eigenvalue weighted by molar-refractivity contribution is -0.0563. The van der Waals surface area contributed by atoms with Crippen LogP contribution in [-0.2, 0) is 16.0 Å². The summed E-state index contributed by atoms with van der Waals surface area (Å²) in [4.78, 5) is 8.91. The van der Waals surface area contributed by atoms with Crippen LogP contribution in [0.4, 0.5) is 0 Å². The highest BCUT2D eigenvalue weighted by atomic mass is 16.5. The first kappa shape index (κ1) is 15.9. The second-order valence-electron chi connectivity index (χ2n) is 6.95. The van der Waals surface area contributed by atoms with E-state index in [1.54, 1.807) is 0 Å². The van der Waals surface area contributed by atoms with Crippen LogP contribution in [0.5, 0.6) is 0 Å². The van der Waals surface area contributed by atoms with Crippen molar-refractivity contribution in [2.45, 2.75) is 18.6 Å². The van der Waals surface area contributed by atoms with Crippen LogP contribution in [0.15, 0.2) is 24.5 Å². The van der Waals surface area contributed by atoms with Crippen molar-refractivity contribution < 1.29 is 9.47 Å². The first-order valence-electron chi connectivity index (χ1n) is 8.13. The van der Waals surface area contributed by atoms with Crippen LogP contribution in [0.25, 0.3) is 0 Å². The van der Waals surface area contributed by atoms with Gasteiger partial charge in [-0.3, -0.25) is 9.88 Å². The molecule has 2 atom stereocenters. The third-order valence-electron chi connectivity index (χ3n) is 4.47. The fourth-order valence-corrected chi connectivity index (χ4v) is 3.65. The molecule has 122 valence electrons. The molecule has 2 aliphatic heterocycles. The van der Waals surface area contributed by atoms with Gasteiger partial charge in [-0.2, -0.15) is 0 Å². The molecule has 0 aliphatic carbocycles. The van der Waals surface area contributed by atoms with E-state index in [-0.39, 0.29) is 5.60 Å². The van der Waals surface area contributed by atoms with Gasteiger partial charge in [-0.15, -0.1) is 0 Å². The van der Waals surface area contributed by atoms with E-state index in [1.807, 2.05) is 18.5 Å². The molecule has 2 fully saturated rings. The molecule has 3 heterocycles. The lowest BCUT2D eigenvalue weighted by Gasteiger charge is -2.31. The molecule has 2 saturated heterocycles. The Bertz CT molecular complexity index is 468. The highest BCUT2D eigenvalue weighted by Gasteiger charge is 2.43. The highest BCUT2D eigenvalue weighted by molar-refractivity contribution is 5.08. The van der Waals surface area contributed by atoms with Gasteiger partial charge in [0.15, 0.2) is 0 Å². The SMILES string of the molecule is CN(C)C[C@H]1CO[C@@]2(COCCN(Cc3cccnc3)C2)C1. The van der Waals surface area contributed by atoms with Gasteiger partial charge in [0.2, 0.25) is 0 Å². The van der Waals surface area contributed by atoms with Crippen molar-refractivity contribution >= 4 is 0 Å². The Hall–Kier alpha value is -1.01. The molecule has 0 radical (unpaired) electrons. The summed E-state index contributed by atoms with van der Waals surface area (Å²) in [7, 11) is 4.26. The lowest BCUT2D eigenvalue weighted by atomic mass is 9.94. The van der Waals surface area contributed by atoms with Crippen molar-refractivity contribution in [3.8, 4) is 0 Å². The predicted molar refractivity (Wildman–Crippen MR) is 85.7 cm³/mol.